The second-order valence-corrected chi connectivity index (χ2v) is 8.22. The molecule has 152 valence electrons. The number of hydrogen-bond donors (Lipinski definition) is 0. The van der Waals surface area contributed by atoms with Gasteiger partial charge in [-0.2, -0.15) is 0 Å². The van der Waals surface area contributed by atoms with Crippen molar-refractivity contribution in [2.24, 2.45) is 0 Å². The largest absolute Gasteiger partial charge is 0.449 e. The van der Waals surface area contributed by atoms with Crippen molar-refractivity contribution >= 4 is 49.3 Å². The molecule has 0 bridgehead atoms. The minimum absolute atomic E-state index is 0.123. The van der Waals surface area contributed by atoms with Gasteiger partial charge in [0.2, 0.25) is 5.78 Å². The van der Waals surface area contributed by atoms with Gasteiger partial charge in [-0.3, -0.25) is 14.9 Å². The van der Waals surface area contributed by atoms with E-state index in [0.717, 1.165) is 4.47 Å². The highest BCUT2D eigenvalue weighted by molar-refractivity contribution is 9.10. The number of Topliss-reactive ketones (excluding diaryl/α,β-unsaturated/α-hetero) is 1. The maximum Gasteiger partial charge on any atom is 0.338 e. The summed E-state index contributed by atoms with van der Waals surface area (Å²) in [5.74, 6) is -1.10. The number of benzene rings is 3. The molecule has 0 aliphatic carbocycles. The molecule has 30 heavy (non-hydrogen) atoms. The Bertz CT molecular complexity index is 1070. The van der Waals surface area contributed by atoms with Crippen LogP contribution in [0, 0.1) is 10.1 Å². The highest BCUT2D eigenvalue weighted by Gasteiger charge is 2.33. The molecule has 3 aromatic carbocycles. The average Bonchev–Trinajstić information content (AvgIpc) is 2.77. The van der Waals surface area contributed by atoms with Crippen LogP contribution in [-0.4, -0.2) is 22.8 Å². The van der Waals surface area contributed by atoms with Crippen molar-refractivity contribution in [2.75, 3.05) is 0 Å². The standard InChI is InChI=1S/C22H15Br2NO5/c23-17-11-9-15(10-12-17)22(27)30-21(20(26)14-5-2-1-3-6-14)19(24)16-7-4-8-18(13-16)25(28)29/h1-13,19,21H/t19-,21+/m0/s1. The molecule has 8 heteroatoms. The van der Waals surface area contributed by atoms with E-state index in [0.29, 0.717) is 11.1 Å². The second-order valence-electron chi connectivity index (χ2n) is 6.32. The lowest BCUT2D eigenvalue weighted by Gasteiger charge is -2.22. The molecule has 2 atom stereocenters. The van der Waals surface area contributed by atoms with Gasteiger partial charge in [-0.25, -0.2) is 4.79 Å². The molecule has 0 aliphatic rings. The minimum Gasteiger partial charge on any atom is -0.449 e. The molecule has 0 N–H and O–H groups in total. The zero-order valence-corrected chi connectivity index (χ0v) is 18.6. The molecular weight excluding hydrogens is 518 g/mol. The van der Waals surface area contributed by atoms with E-state index in [1.54, 1.807) is 60.7 Å². The lowest BCUT2D eigenvalue weighted by atomic mass is 9.99. The van der Waals surface area contributed by atoms with Crippen LogP contribution in [0.15, 0.2) is 83.3 Å². The third-order valence-electron chi connectivity index (χ3n) is 4.30. The van der Waals surface area contributed by atoms with Gasteiger partial charge in [-0.1, -0.05) is 74.3 Å². The fraction of sp³-hybridized carbons (Fsp3) is 0.0909. The van der Waals surface area contributed by atoms with Crippen LogP contribution in [0.1, 0.15) is 31.1 Å². The summed E-state index contributed by atoms with van der Waals surface area (Å²) in [5, 5.41) is 11.1. The van der Waals surface area contributed by atoms with Crippen LogP contribution in [0.4, 0.5) is 5.69 Å². The van der Waals surface area contributed by atoms with E-state index in [4.69, 9.17) is 4.74 Å². The maximum atomic E-state index is 13.2. The van der Waals surface area contributed by atoms with Crippen LogP contribution in [0.5, 0.6) is 0 Å². The van der Waals surface area contributed by atoms with Crippen LogP contribution < -0.4 is 0 Å². The van der Waals surface area contributed by atoms with Crippen molar-refractivity contribution in [2.45, 2.75) is 10.9 Å². The summed E-state index contributed by atoms with van der Waals surface area (Å²) in [4.78, 5) is 35.7. The Morgan fingerprint density at radius 1 is 0.900 bits per heavy atom. The van der Waals surface area contributed by atoms with E-state index in [2.05, 4.69) is 31.9 Å². The molecule has 0 spiro atoms. The molecule has 0 aromatic heterocycles. The molecule has 0 saturated carbocycles. The third kappa shape index (κ3) is 5.20. The number of carbonyl (C=O) groups excluding carboxylic acids is 2. The lowest BCUT2D eigenvalue weighted by molar-refractivity contribution is -0.384. The molecule has 0 radical (unpaired) electrons. The molecule has 0 heterocycles. The van der Waals surface area contributed by atoms with Crippen molar-refractivity contribution < 1.29 is 19.2 Å². The molecule has 0 amide bonds. The van der Waals surface area contributed by atoms with Gasteiger partial charge in [0.15, 0.2) is 6.10 Å². The van der Waals surface area contributed by atoms with Gasteiger partial charge in [-0.05, 0) is 29.8 Å². The molecule has 3 rings (SSSR count). The Morgan fingerprint density at radius 3 is 2.20 bits per heavy atom. The van der Waals surface area contributed by atoms with Crippen molar-refractivity contribution in [1.82, 2.24) is 0 Å². The fourth-order valence-electron chi connectivity index (χ4n) is 2.77. The number of non-ortho nitro benzene ring substituents is 1. The molecular formula is C22H15Br2NO5. The summed E-state index contributed by atoms with van der Waals surface area (Å²) >= 11 is 6.72. The maximum absolute atomic E-state index is 13.2. The van der Waals surface area contributed by atoms with Gasteiger partial charge < -0.3 is 4.74 Å². The first-order valence-electron chi connectivity index (χ1n) is 8.81. The Morgan fingerprint density at radius 2 is 1.57 bits per heavy atom. The zero-order chi connectivity index (χ0) is 21.7. The van der Waals surface area contributed by atoms with Gasteiger partial charge in [0.05, 0.1) is 15.3 Å². The number of rotatable bonds is 7. The number of carbonyl (C=O) groups is 2. The minimum atomic E-state index is -1.23. The van der Waals surface area contributed by atoms with Crippen LogP contribution in [-0.2, 0) is 4.74 Å². The predicted octanol–water partition coefficient (Wildman–Crippen LogP) is 5.90. The van der Waals surface area contributed by atoms with Gasteiger partial charge in [0, 0.05) is 22.2 Å². The van der Waals surface area contributed by atoms with Crippen molar-refractivity contribution in [3.8, 4) is 0 Å². The first-order chi connectivity index (χ1) is 14.4. The highest BCUT2D eigenvalue weighted by atomic mass is 79.9. The summed E-state index contributed by atoms with van der Waals surface area (Å²) in [6.45, 7) is 0. The Balaban J connectivity index is 1.95. The van der Waals surface area contributed by atoms with Gasteiger partial charge in [0.25, 0.3) is 5.69 Å². The second kappa shape index (κ2) is 9.77. The van der Waals surface area contributed by atoms with E-state index in [1.807, 2.05) is 0 Å². The van der Waals surface area contributed by atoms with Gasteiger partial charge in [-0.15, -0.1) is 0 Å². The number of nitrogens with zero attached hydrogens (tertiary/aromatic N) is 1. The lowest BCUT2D eigenvalue weighted by Crippen LogP contribution is -2.31. The third-order valence-corrected chi connectivity index (χ3v) is 5.83. The van der Waals surface area contributed by atoms with Crippen LogP contribution in [0.25, 0.3) is 0 Å². The summed E-state index contributed by atoms with van der Waals surface area (Å²) in [7, 11) is 0. The van der Waals surface area contributed by atoms with Crippen LogP contribution >= 0.6 is 31.9 Å². The van der Waals surface area contributed by atoms with E-state index >= 15 is 0 Å². The number of alkyl halides is 1. The van der Waals surface area contributed by atoms with Gasteiger partial charge in [0.1, 0.15) is 0 Å². The molecule has 6 nitrogen and oxygen atoms in total. The Hall–Kier alpha value is -2.84. The van der Waals surface area contributed by atoms with Crippen LogP contribution in [0.2, 0.25) is 0 Å². The van der Waals surface area contributed by atoms with Gasteiger partial charge >= 0.3 is 5.97 Å². The monoisotopic (exact) mass is 531 g/mol. The van der Waals surface area contributed by atoms with Crippen molar-refractivity contribution in [3.05, 3.63) is 110 Å². The van der Waals surface area contributed by atoms with E-state index in [-0.39, 0.29) is 11.3 Å². The van der Waals surface area contributed by atoms with E-state index < -0.39 is 27.6 Å². The number of hydrogen-bond acceptors (Lipinski definition) is 5. The fourth-order valence-corrected chi connectivity index (χ4v) is 3.66. The summed E-state index contributed by atoms with van der Waals surface area (Å²) in [6.07, 6.45) is -1.23. The molecule has 0 aliphatic heterocycles. The Labute approximate surface area is 189 Å². The SMILES string of the molecule is O=C(O[C@@H](C(=O)c1ccccc1)[C@@H](Br)c1cccc([N+](=O)[O-])c1)c1ccc(Br)cc1. The average molecular weight is 533 g/mol. The number of halogens is 2. The first kappa shape index (κ1) is 21.9. The van der Waals surface area contributed by atoms with E-state index in [1.165, 1.54) is 18.2 Å². The summed E-state index contributed by atoms with van der Waals surface area (Å²) < 4.78 is 6.39. The molecule has 3 aromatic rings. The first-order valence-corrected chi connectivity index (χ1v) is 10.5. The quantitative estimate of drug-likeness (QED) is 0.124. The van der Waals surface area contributed by atoms with Crippen molar-refractivity contribution in [1.29, 1.82) is 0 Å². The molecule has 0 unspecified atom stereocenters. The number of ketones is 1. The molecule has 0 saturated heterocycles. The van der Waals surface area contributed by atoms with Crippen LogP contribution in [0.3, 0.4) is 0 Å². The summed E-state index contributed by atoms with van der Waals surface area (Å²) in [5.41, 5.74) is 0.966. The Kier molecular flexibility index (Phi) is 7.12. The highest BCUT2D eigenvalue weighted by Crippen LogP contribution is 2.33. The topological polar surface area (TPSA) is 86.5 Å². The normalized spacial score (nSPS) is 12.6. The predicted molar refractivity (Wildman–Crippen MR) is 119 cm³/mol. The zero-order valence-electron chi connectivity index (χ0n) is 15.4. The number of nitro benzene ring substituents is 1. The number of ether oxygens (including phenoxy) is 1. The summed E-state index contributed by atoms with van der Waals surface area (Å²) in [6, 6.07) is 20.8. The smallest absolute Gasteiger partial charge is 0.338 e. The van der Waals surface area contributed by atoms with Crippen molar-refractivity contribution in [3.63, 3.8) is 0 Å². The van der Waals surface area contributed by atoms with E-state index in [9.17, 15) is 19.7 Å². The number of esters is 1. The number of nitro groups is 1. The molecule has 0 fully saturated rings.